The smallest absolute Gasteiger partial charge is 0.326 e. The molecule has 1 aliphatic rings. The van der Waals surface area contributed by atoms with E-state index in [0.717, 1.165) is 33.9 Å². The van der Waals surface area contributed by atoms with Crippen LogP contribution in [0.4, 0.5) is 16.2 Å². The van der Waals surface area contributed by atoms with Crippen molar-refractivity contribution in [3.8, 4) is 16.9 Å². The van der Waals surface area contributed by atoms with Gasteiger partial charge in [0, 0.05) is 17.4 Å². The number of hydrogen-bond donors (Lipinski definition) is 1. The standard InChI is InChI=1S/C25H25N3O4S/c1-3-20-15-28(25(30)27-19-7-5-4-6-8-19)21-11-9-17(13-22(21)32-20)18-10-12-23(26-14-18)33-16-24(29)31-2/h4-14,20H,3,15-16H2,1-2H3,(H,27,30). The van der Waals surface area contributed by atoms with Crippen LogP contribution >= 0.6 is 11.8 Å². The first-order valence-electron chi connectivity index (χ1n) is 10.7. The van der Waals surface area contributed by atoms with Gasteiger partial charge in [-0.15, -0.1) is 0 Å². The molecule has 0 fully saturated rings. The number of nitrogens with zero attached hydrogens (tertiary/aromatic N) is 2. The molecular formula is C25H25N3O4S. The van der Waals surface area contributed by atoms with Gasteiger partial charge in [0.15, 0.2) is 0 Å². The summed E-state index contributed by atoms with van der Waals surface area (Å²) in [5, 5.41) is 3.70. The Hall–Kier alpha value is -3.52. The van der Waals surface area contributed by atoms with Crippen LogP contribution in [0.15, 0.2) is 71.9 Å². The Morgan fingerprint density at radius 1 is 1.15 bits per heavy atom. The van der Waals surface area contributed by atoms with E-state index in [9.17, 15) is 9.59 Å². The number of benzene rings is 2. The maximum atomic E-state index is 13.0. The monoisotopic (exact) mass is 463 g/mol. The zero-order chi connectivity index (χ0) is 23.2. The van der Waals surface area contributed by atoms with E-state index in [-0.39, 0.29) is 23.9 Å². The molecule has 0 radical (unpaired) electrons. The van der Waals surface area contributed by atoms with Crippen molar-refractivity contribution in [2.45, 2.75) is 24.5 Å². The molecule has 2 amide bonds. The topological polar surface area (TPSA) is 80.8 Å². The number of aromatic nitrogens is 1. The number of methoxy groups -OCH3 is 1. The first kappa shape index (κ1) is 22.7. The lowest BCUT2D eigenvalue weighted by atomic mass is 10.0. The van der Waals surface area contributed by atoms with Crippen LogP contribution in [0.25, 0.3) is 11.1 Å². The van der Waals surface area contributed by atoms with Gasteiger partial charge >= 0.3 is 12.0 Å². The highest BCUT2D eigenvalue weighted by atomic mass is 32.2. The predicted molar refractivity (Wildman–Crippen MR) is 130 cm³/mol. The van der Waals surface area contributed by atoms with Gasteiger partial charge in [-0.05, 0) is 42.3 Å². The fraction of sp³-hybridized carbons (Fsp3) is 0.240. The highest BCUT2D eigenvalue weighted by molar-refractivity contribution is 7.99. The zero-order valence-electron chi connectivity index (χ0n) is 18.5. The normalized spacial score (nSPS) is 14.7. The molecule has 0 saturated carbocycles. The number of amides is 2. The Balaban J connectivity index is 1.54. The summed E-state index contributed by atoms with van der Waals surface area (Å²) in [7, 11) is 1.37. The number of esters is 1. The highest BCUT2D eigenvalue weighted by Gasteiger charge is 2.29. The fourth-order valence-electron chi connectivity index (χ4n) is 3.48. The van der Waals surface area contributed by atoms with Crippen LogP contribution in [-0.2, 0) is 9.53 Å². The summed E-state index contributed by atoms with van der Waals surface area (Å²) in [5.74, 6) is 0.594. The summed E-state index contributed by atoms with van der Waals surface area (Å²) >= 11 is 1.33. The maximum Gasteiger partial charge on any atom is 0.326 e. The zero-order valence-corrected chi connectivity index (χ0v) is 19.3. The average molecular weight is 464 g/mol. The van der Waals surface area contributed by atoms with Crippen LogP contribution in [-0.4, -0.2) is 42.5 Å². The number of anilines is 2. The Morgan fingerprint density at radius 3 is 2.64 bits per heavy atom. The predicted octanol–water partition coefficient (Wildman–Crippen LogP) is 5.22. The number of pyridine rings is 1. The maximum absolute atomic E-state index is 13.0. The molecule has 3 aromatic rings. The first-order chi connectivity index (χ1) is 16.1. The van der Waals surface area contributed by atoms with E-state index in [4.69, 9.17) is 4.74 Å². The van der Waals surface area contributed by atoms with Crippen LogP contribution in [0, 0.1) is 0 Å². The number of urea groups is 1. The number of carbonyl (C=O) groups excluding carboxylic acids is 2. The molecule has 4 rings (SSSR count). The van der Waals surface area contributed by atoms with Crippen molar-refractivity contribution in [1.29, 1.82) is 0 Å². The number of ether oxygens (including phenoxy) is 2. The molecule has 8 heteroatoms. The summed E-state index contributed by atoms with van der Waals surface area (Å²) < 4.78 is 10.8. The molecule has 2 aromatic carbocycles. The quantitative estimate of drug-likeness (QED) is 0.399. The molecule has 0 spiro atoms. The van der Waals surface area contributed by atoms with E-state index in [1.54, 1.807) is 11.1 Å². The van der Waals surface area contributed by atoms with E-state index < -0.39 is 0 Å². The second-order valence-corrected chi connectivity index (χ2v) is 8.48. The molecule has 2 heterocycles. The van der Waals surface area contributed by atoms with Crippen LogP contribution in [0.3, 0.4) is 0 Å². The number of fused-ring (bicyclic) bond motifs is 1. The third kappa shape index (κ3) is 5.46. The molecule has 1 unspecified atom stereocenters. The van der Waals surface area contributed by atoms with Gasteiger partial charge in [0.25, 0.3) is 0 Å². The van der Waals surface area contributed by atoms with Gasteiger partial charge in [-0.2, -0.15) is 0 Å². The highest BCUT2D eigenvalue weighted by Crippen LogP contribution is 2.38. The lowest BCUT2D eigenvalue weighted by molar-refractivity contribution is -0.137. The minimum atomic E-state index is -0.288. The average Bonchev–Trinajstić information content (AvgIpc) is 2.87. The Kier molecular flexibility index (Phi) is 7.14. The van der Waals surface area contributed by atoms with Crippen LogP contribution in [0.1, 0.15) is 13.3 Å². The van der Waals surface area contributed by atoms with Crippen LogP contribution in [0.5, 0.6) is 5.75 Å². The van der Waals surface area contributed by atoms with Crippen LogP contribution < -0.4 is 15.0 Å². The molecule has 170 valence electrons. The molecule has 0 bridgehead atoms. The molecule has 0 aliphatic carbocycles. The second kappa shape index (κ2) is 10.4. The van der Waals surface area contributed by atoms with Gasteiger partial charge in [0.05, 0.1) is 30.1 Å². The number of nitrogens with one attached hydrogen (secondary N) is 1. The van der Waals surface area contributed by atoms with Crippen molar-refractivity contribution < 1.29 is 19.1 Å². The van der Waals surface area contributed by atoms with Gasteiger partial charge < -0.3 is 14.8 Å². The lowest BCUT2D eigenvalue weighted by Crippen LogP contribution is -2.45. The second-order valence-electron chi connectivity index (χ2n) is 7.49. The molecule has 1 atom stereocenters. The van der Waals surface area contributed by atoms with E-state index in [1.165, 1.54) is 18.9 Å². The number of carbonyl (C=O) groups is 2. The van der Waals surface area contributed by atoms with Gasteiger partial charge in [0.2, 0.25) is 0 Å². The van der Waals surface area contributed by atoms with E-state index in [1.807, 2.05) is 67.6 Å². The van der Waals surface area contributed by atoms with Crippen molar-refractivity contribution in [2.24, 2.45) is 0 Å². The minimum absolute atomic E-state index is 0.0931. The van der Waals surface area contributed by atoms with E-state index in [2.05, 4.69) is 15.0 Å². The van der Waals surface area contributed by atoms with Crippen molar-refractivity contribution in [3.05, 3.63) is 66.9 Å². The Bertz CT molecular complexity index is 1120. The number of rotatable bonds is 6. The molecule has 33 heavy (non-hydrogen) atoms. The van der Waals surface area contributed by atoms with E-state index >= 15 is 0 Å². The van der Waals surface area contributed by atoms with Gasteiger partial charge in [-0.3, -0.25) is 9.69 Å². The third-order valence-electron chi connectivity index (χ3n) is 5.29. The van der Waals surface area contributed by atoms with Crippen molar-refractivity contribution in [1.82, 2.24) is 4.98 Å². The van der Waals surface area contributed by atoms with Gasteiger partial charge in [-0.25, -0.2) is 9.78 Å². The van der Waals surface area contributed by atoms with Crippen LogP contribution in [0.2, 0.25) is 0 Å². The number of hydrogen-bond acceptors (Lipinski definition) is 6. The lowest BCUT2D eigenvalue weighted by Gasteiger charge is -2.34. The fourth-order valence-corrected chi connectivity index (χ4v) is 4.15. The molecular weight excluding hydrogens is 438 g/mol. The number of para-hydroxylation sites is 1. The summed E-state index contributed by atoms with van der Waals surface area (Å²) in [6.45, 7) is 2.52. The van der Waals surface area contributed by atoms with Crippen molar-refractivity contribution in [3.63, 3.8) is 0 Å². The summed E-state index contributed by atoms with van der Waals surface area (Å²) in [4.78, 5) is 30.5. The molecule has 0 saturated heterocycles. The summed E-state index contributed by atoms with van der Waals surface area (Å²) in [6, 6.07) is 18.8. The molecule has 7 nitrogen and oxygen atoms in total. The van der Waals surface area contributed by atoms with Crippen molar-refractivity contribution in [2.75, 3.05) is 29.6 Å². The molecule has 1 aromatic heterocycles. The summed E-state index contributed by atoms with van der Waals surface area (Å²) in [5.41, 5.74) is 3.33. The molecule has 1 aliphatic heterocycles. The molecule has 1 N–H and O–H groups in total. The minimum Gasteiger partial charge on any atom is -0.486 e. The SMILES string of the molecule is CCC1CN(C(=O)Nc2ccccc2)c2ccc(-c3ccc(SCC(=O)OC)nc3)cc2O1. The third-order valence-corrected chi connectivity index (χ3v) is 6.21. The first-order valence-corrected chi connectivity index (χ1v) is 11.7. The largest absolute Gasteiger partial charge is 0.486 e. The van der Waals surface area contributed by atoms with Crippen molar-refractivity contribution >= 4 is 35.1 Å². The Labute approximate surface area is 197 Å². The van der Waals surface area contributed by atoms with E-state index in [0.29, 0.717) is 12.3 Å². The Morgan fingerprint density at radius 2 is 1.94 bits per heavy atom. The summed E-state index contributed by atoms with van der Waals surface area (Å²) in [6.07, 6.45) is 2.46. The van der Waals surface area contributed by atoms with Gasteiger partial charge in [-0.1, -0.05) is 49.0 Å². The number of thioether (sulfide) groups is 1. The van der Waals surface area contributed by atoms with Gasteiger partial charge in [0.1, 0.15) is 11.9 Å².